The van der Waals surface area contributed by atoms with Gasteiger partial charge < -0.3 is 5.73 Å². The van der Waals surface area contributed by atoms with Crippen LogP contribution in [-0.2, 0) is 4.79 Å². The maximum atomic E-state index is 11.1. The lowest BCUT2D eigenvalue weighted by molar-refractivity contribution is -0.124. The molecule has 1 saturated carbocycles. The van der Waals surface area contributed by atoms with E-state index in [2.05, 4.69) is 20.8 Å². The monoisotopic (exact) mass is 183 g/mol. The molecule has 1 aliphatic rings. The highest BCUT2D eigenvalue weighted by Crippen LogP contribution is 2.44. The van der Waals surface area contributed by atoms with E-state index in [-0.39, 0.29) is 11.8 Å². The lowest BCUT2D eigenvalue weighted by Crippen LogP contribution is -2.36. The minimum Gasteiger partial charge on any atom is -0.369 e. The molecule has 13 heavy (non-hydrogen) atoms. The Labute approximate surface area is 80.9 Å². The molecule has 0 spiro atoms. The lowest BCUT2D eigenvalue weighted by Gasteiger charge is -2.40. The Bertz CT molecular complexity index is 200. The highest BCUT2D eigenvalue weighted by molar-refractivity contribution is 5.76. The number of nitrogens with two attached hydrogens (primary N) is 1. The van der Waals surface area contributed by atoms with Gasteiger partial charge in [-0.15, -0.1) is 0 Å². The summed E-state index contributed by atoms with van der Waals surface area (Å²) in [4.78, 5) is 11.1. The van der Waals surface area contributed by atoms with Crippen molar-refractivity contribution in [3.05, 3.63) is 0 Å². The second-order valence-electron chi connectivity index (χ2n) is 5.00. The van der Waals surface area contributed by atoms with Gasteiger partial charge in [0.1, 0.15) is 0 Å². The van der Waals surface area contributed by atoms with E-state index in [4.69, 9.17) is 5.73 Å². The molecule has 2 heteroatoms. The van der Waals surface area contributed by atoms with Crippen LogP contribution >= 0.6 is 0 Å². The maximum absolute atomic E-state index is 11.1. The second kappa shape index (κ2) is 3.69. The Morgan fingerprint density at radius 2 is 2.15 bits per heavy atom. The standard InChI is InChI=1S/C11H21NO/c1-8(2)11(3)6-4-5-9(7-11)10(12)13/h8-9H,4-7H2,1-3H3,(H2,12,13). The Balaban J connectivity index is 2.65. The van der Waals surface area contributed by atoms with Gasteiger partial charge in [-0.2, -0.15) is 0 Å². The third-order valence-corrected chi connectivity index (χ3v) is 3.81. The van der Waals surface area contributed by atoms with Crippen molar-refractivity contribution in [1.29, 1.82) is 0 Å². The van der Waals surface area contributed by atoms with Crippen molar-refractivity contribution in [2.75, 3.05) is 0 Å². The number of primary amides is 1. The molecule has 1 amide bonds. The van der Waals surface area contributed by atoms with E-state index in [0.29, 0.717) is 11.3 Å². The number of amides is 1. The van der Waals surface area contributed by atoms with Crippen LogP contribution in [0, 0.1) is 17.3 Å². The van der Waals surface area contributed by atoms with Crippen molar-refractivity contribution in [1.82, 2.24) is 0 Å². The Hall–Kier alpha value is -0.530. The van der Waals surface area contributed by atoms with Gasteiger partial charge in [-0.3, -0.25) is 4.79 Å². The van der Waals surface area contributed by atoms with Crippen molar-refractivity contribution in [2.45, 2.75) is 46.5 Å². The van der Waals surface area contributed by atoms with Crippen LogP contribution in [0.4, 0.5) is 0 Å². The van der Waals surface area contributed by atoms with E-state index >= 15 is 0 Å². The van der Waals surface area contributed by atoms with E-state index in [9.17, 15) is 4.79 Å². The number of hydrogen-bond acceptors (Lipinski definition) is 1. The fourth-order valence-electron chi connectivity index (χ4n) is 2.29. The molecular weight excluding hydrogens is 162 g/mol. The van der Waals surface area contributed by atoms with E-state index in [1.165, 1.54) is 6.42 Å². The number of rotatable bonds is 2. The van der Waals surface area contributed by atoms with E-state index in [1.54, 1.807) is 0 Å². The van der Waals surface area contributed by atoms with Crippen LogP contribution in [-0.4, -0.2) is 5.91 Å². The van der Waals surface area contributed by atoms with Crippen LogP contribution < -0.4 is 5.73 Å². The molecule has 0 aromatic rings. The Morgan fingerprint density at radius 3 is 2.62 bits per heavy atom. The van der Waals surface area contributed by atoms with Crippen molar-refractivity contribution >= 4 is 5.91 Å². The lowest BCUT2D eigenvalue weighted by atomic mass is 9.65. The average Bonchev–Trinajstić information content (AvgIpc) is 2.04. The third kappa shape index (κ3) is 2.23. The molecule has 1 rings (SSSR count). The van der Waals surface area contributed by atoms with Crippen LogP contribution in [0.2, 0.25) is 0 Å². The van der Waals surface area contributed by atoms with Gasteiger partial charge in [-0.1, -0.05) is 27.2 Å². The maximum Gasteiger partial charge on any atom is 0.220 e. The zero-order chi connectivity index (χ0) is 10.1. The molecule has 0 saturated heterocycles. The molecule has 0 aromatic heterocycles. The summed E-state index contributed by atoms with van der Waals surface area (Å²) in [5.41, 5.74) is 5.68. The van der Waals surface area contributed by atoms with Gasteiger partial charge in [-0.25, -0.2) is 0 Å². The molecule has 0 aromatic carbocycles. The Kier molecular flexibility index (Phi) is 2.99. The summed E-state index contributed by atoms with van der Waals surface area (Å²) >= 11 is 0. The van der Waals surface area contributed by atoms with Gasteiger partial charge in [0.05, 0.1) is 0 Å². The summed E-state index contributed by atoms with van der Waals surface area (Å²) in [6, 6.07) is 0. The molecular formula is C11H21NO. The molecule has 0 heterocycles. The molecule has 2 atom stereocenters. The summed E-state index contributed by atoms with van der Waals surface area (Å²) in [5.74, 6) is 0.669. The largest absolute Gasteiger partial charge is 0.369 e. The predicted molar refractivity (Wildman–Crippen MR) is 54.1 cm³/mol. The summed E-state index contributed by atoms with van der Waals surface area (Å²) in [7, 11) is 0. The van der Waals surface area contributed by atoms with Crippen LogP contribution in [0.15, 0.2) is 0 Å². The van der Waals surface area contributed by atoms with Crippen LogP contribution in [0.1, 0.15) is 46.5 Å². The first kappa shape index (κ1) is 10.6. The minimum atomic E-state index is -0.105. The first-order valence-corrected chi connectivity index (χ1v) is 5.25. The SMILES string of the molecule is CC(C)C1(C)CCCC(C(N)=O)C1. The quantitative estimate of drug-likeness (QED) is 0.701. The summed E-state index contributed by atoms with van der Waals surface area (Å²) in [6.45, 7) is 6.76. The molecule has 0 aliphatic heterocycles. The van der Waals surface area contributed by atoms with E-state index < -0.39 is 0 Å². The van der Waals surface area contributed by atoms with Gasteiger partial charge >= 0.3 is 0 Å². The first-order chi connectivity index (χ1) is 5.96. The van der Waals surface area contributed by atoms with Gasteiger partial charge in [0, 0.05) is 5.92 Å². The third-order valence-electron chi connectivity index (χ3n) is 3.81. The van der Waals surface area contributed by atoms with Crippen molar-refractivity contribution < 1.29 is 4.79 Å². The van der Waals surface area contributed by atoms with Crippen molar-refractivity contribution in [2.24, 2.45) is 23.0 Å². The van der Waals surface area contributed by atoms with Crippen LogP contribution in [0.25, 0.3) is 0 Å². The van der Waals surface area contributed by atoms with E-state index in [1.807, 2.05) is 0 Å². The molecule has 76 valence electrons. The molecule has 1 fully saturated rings. The topological polar surface area (TPSA) is 43.1 Å². The summed E-state index contributed by atoms with van der Waals surface area (Å²) < 4.78 is 0. The van der Waals surface area contributed by atoms with Crippen molar-refractivity contribution in [3.8, 4) is 0 Å². The van der Waals surface area contributed by atoms with Crippen LogP contribution in [0.5, 0.6) is 0 Å². The fraction of sp³-hybridized carbons (Fsp3) is 0.909. The second-order valence-corrected chi connectivity index (χ2v) is 5.00. The van der Waals surface area contributed by atoms with Gasteiger partial charge in [0.15, 0.2) is 0 Å². The normalized spacial score (nSPS) is 34.9. The number of carbonyl (C=O) groups excluding carboxylic acids is 1. The molecule has 2 unspecified atom stereocenters. The highest BCUT2D eigenvalue weighted by Gasteiger charge is 2.36. The van der Waals surface area contributed by atoms with Gasteiger partial charge in [-0.05, 0) is 30.6 Å². The summed E-state index contributed by atoms with van der Waals surface area (Å²) in [6.07, 6.45) is 4.38. The molecule has 0 bridgehead atoms. The van der Waals surface area contributed by atoms with Crippen molar-refractivity contribution in [3.63, 3.8) is 0 Å². The zero-order valence-electron chi connectivity index (χ0n) is 8.97. The molecule has 0 radical (unpaired) electrons. The smallest absolute Gasteiger partial charge is 0.220 e. The minimum absolute atomic E-state index is 0.105. The van der Waals surface area contributed by atoms with E-state index in [0.717, 1.165) is 19.3 Å². The van der Waals surface area contributed by atoms with Crippen LogP contribution in [0.3, 0.4) is 0 Å². The highest BCUT2D eigenvalue weighted by atomic mass is 16.1. The summed E-state index contributed by atoms with van der Waals surface area (Å²) in [5, 5.41) is 0. The number of carbonyl (C=O) groups is 1. The fourth-order valence-corrected chi connectivity index (χ4v) is 2.29. The first-order valence-electron chi connectivity index (χ1n) is 5.25. The van der Waals surface area contributed by atoms with Gasteiger partial charge in [0.25, 0.3) is 0 Å². The average molecular weight is 183 g/mol. The Morgan fingerprint density at radius 1 is 1.54 bits per heavy atom. The predicted octanol–water partition coefficient (Wildman–Crippen LogP) is 2.32. The zero-order valence-corrected chi connectivity index (χ0v) is 8.97. The number of hydrogen-bond donors (Lipinski definition) is 1. The molecule has 2 nitrogen and oxygen atoms in total. The van der Waals surface area contributed by atoms with Gasteiger partial charge in [0.2, 0.25) is 5.91 Å². The molecule has 1 aliphatic carbocycles. The molecule has 2 N–H and O–H groups in total.